The summed E-state index contributed by atoms with van der Waals surface area (Å²) in [5.74, 6) is -3.70. The van der Waals surface area contributed by atoms with Gasteiger partial charge in [-0.15, -0.1) is 11.3 Å². The lowest BCUT2D eigenvalue weighted by Gasteiger charge is -2.31. The number of amides is 2. The molecule has 0 radical (unpaired) electrons. The fraction of sp³-hybridized carbons (Fsp3) is 0.458. The molecule has 31 heavy (non-hydrogen) atoms. The molecule has 1 aromatic carbocycles. The summed E-state index contributed by atoms with van der Waals surface area (Å²) in [7, 11) is 0. The molecule has 0 saturated heterocycles. The monoisotopic (exact) mass is 441 g/mol. The molecule has 2 amide bonds. The molecule has 1 aliphatic carbocycles. The lowest BCUT2D eigenvalue weighted by molar-refractivity contribution is -0.313. The number of aliphatic carboxylic acids is 1. The van der Waals surface area contributed by atoms with E-state index in [2.05, 4.69) is 26.1 Å². The quantitative estimate of drug-likeness (QED) is 0.738. The van der Waals surface area contributed by atoms with Crippen molar-refractivity contribution in [2.45, 2.75) is 58.8 Å². The second kappa shape index (κ2) is 8.83. The molecule has 1 saturated carbocycles. The predicted molar refractivity (Wildman–Crippen MR) is 121 cm³/mol. The van der Waals surface area contributed by atoms with Crippen molar-refractivity contribution >= 4 is 34.1 Å². The Morgan fingerprint density at radius 3 is 2.16 bits per heavy atom. The van der Waals surface area contributed by atoms with Crippen molar-refractivity contribution in [3.8, 4) is 11.1 Å². The van der Waals surface area contributed by atoms with E-state index in [9.17, 15) is 19.5 Å². The number of benzene rings is 1. The van der Waals surface area contributed by atoms with Gasteiger partial charge in [0, 0.05) is 28.2 Å². The van der Waals surface area contributed by atoms with E-state index >= 15 is 0 Å². The Labute approximate surface area is 186 Å². The van der Waals surface area contributed by atoms with Crippen molar-refractivity contribution in [1.29, 1.82) is 0 Å². The fourth-order valence-electron chi connectivity index (χ4n) is 4.28. The number of aryl methyl sites for hydroxylation is 1. The van der Waals surface area contributed by atoms with Gasteiger partial charge < -0.3 is 21.0 Å². The number of nitrogens with one attached hydrogen (secondary N) is 1. The Bertz CT molecular complexity index is 1000. The minimum absolute atomic E-state index is 0.00338. The first-order valence-electron chi connectivity index (χ1n) is 10.6. The highest BCUT2D eigenvalue weighted by Gasteiger charge is 2.33. The maximum absolute atomic E-state index is 12.9. The van der Waals surface area contributed by atoms with Crippen LogP contribution in [-0.2, 0) is 15.0 Å². The topological polar surface area (TPSA) is 112 Å². The van der Waals surface area contributed by atoms with Crippen LogP contribution in [0.15, 0.2) is 24.3 Å². The van der Waals surface area contributed by atoms with Gasteiger partial charge in [-0.3, -0.25) is 9.59 Å². The molecule has 6 nitrogen and oxygen atoms in total. The van der Waals surface area contributed by atoms with Gasteiger partial charge in [0.2, 0.25) is 5.91 Å². The van der Waals surface area contributed by atoms with Crippen LogP contribution in [0.25, 0.3) is 11.1 Å². The number of hydrogen-bond acceptors (Lipinski definition) is 5. The largest absolute Gasteiger partial charge is 0.550 e. The maximum atomic E-state index is 12.9. The smallest absolute Gasteiger partial charge is 0.252 e. The molecule has 0 bridgehead atoms. The Balaban J connectivity index is 1.95. The lowest BCUT2D eigenvalue weighted by Crippen LogP contribution is -2.42. The van der Waals surface area contributed by atoms with Crippen LogP contribution in [0, 0.1) is 18.8 Å². The number of thiophene rings is 1. The van der Waals surface area contributed by atoms with Crippen LogP contribution >= 0.6 is 11.3 Å². The first-order chi connectivity index (χ1) is 14.5. The first-order valence-corrected chi connectivity index (χ1v) is 11.4. The van der Waals surface area contributed by atoms with E-state index in [0.717, 1.165) is 23.3 Å². The summed E-state index contributed by atoms with van der Waals surface area (Å²) in [5, 5.41) is 14.6. The summed E-state index contributed by atoms with van der Waals surface area (Å²) in [5.41, 5.74) is 8.70. The van der Waals surface area contributed by atoms with Gasteiger partial charge in [0.1, 0.15) is 5.00 Å². The number of carboxylic acid groups (broad SMARTS) is 1. The number of anilines is 1. The van der Waals surface area contributed by atoms with E-state index in [4.69, 9.17) is 5.73 Å². The van der Waals surface area contributed by atoms with Crippen molar-refractivity contribution in [3.05, 3.63) is 40.3 Å². The third kappa shape index (κ3) is 4.82. The van der Waals surface area contributed by atoms with E-state index in [1.165, 1.54) is 16.9 Å². The van der Waals surface area contributed by atoms with E-state index in [1.54, 1.807) is 0 Å². The van der Waals surface area contributed by atoms with Crippen LogP contribution in [0.1, 0.15) is 67.3 Å². The molecule has 1 fully saturated rings. The summed E-state index contributed by atoms with van der Waals surface area (Å²) >= 11 is 1.28. The highest BCUT2D eigenvalue weighted by Crippen LogP contribution is 2.41. The molecule has 2 atom stereocenters. The predicted octanol–water partition coefficient (Wildman–Crippen LogP) is 3.61. The highest BCUT2D eigenvalue weighted by molar-refractivity contribution is 7.17. The summed E-state index contributed by atoms with van der Waals surface area (Å²) in [6.07, 6.45) is 2.47. The van der Waals surface area contributed by atoms with Crippen molar-refractivity contribution in [3.63, 3.8) is 0 Å². The van der Waals surface area contributed by atoms with E-state index in [0.29, 0.717) is 23.4 Å². The van der Waals surface area contributed by atoms with E-state index < -0.39 is 29.6 Å². The normalized spacial score (nSPS) is 19.1. The number of rotatable bonds is 5. The van der Waals surface area contributed by atoms with Crippen molar-refractivity contribution < 1.29 is 19.5 Å². The van der Waals surface area contributed by atoms with Gasteiger partial charge >= 0.3 is 0 Å². The zero-order chi connectivity index (χ0) is 22.9. The van der Waals surface area contributed by atoms with Crippen LogP contribution in [0.2, 0.25) is 0 Å². The molecule has 1 heterocycles. The summed E-state index contributed by atoms with van der Waals surface area (Å²) in [6, 6.07) is 7.98. The fourth-order valence-corrected chi connectivity index (χ4v) is 5.37. The first kappa shape index (κ1) is 23.0. The van der Waals surface area contributed by atoms with Gasteiger partial charge in [0.15, 0.2) is 0 Å². The van der Waals surface area contributed by atoms with Gasteiger partial charge in [-0.25, -0.2) is 0 Å². The van der Waals surface area contributed by atoms with Gasteiger partial charge in [0.05, 0.1) is 5.56 Å². The molecule has 3 rings (SSSR count). The number of carboxylic acids is 1. The zero-order valence-electron chi connectivity index (χ0n) is 18.4. The average Bonchev–Trinajstić information content (AvgIpc) is 3.03. The number of carbonyl (C=O) groups excluding carboxylic acids is 3. The van der Waals surface area contributed by atoms with Gasteiger partial charge in [-0.1, -0.05) is 57.9 Å². The molecular weight excluding hydrogens is 412 g/mol. The van der Waals surface area contributed by atoms with Crippen molar-refractivity contribution in [1.82, 2.24) is 0 Å². The molecule has 1 aromatic heterocycles. The number of hydrogen-bond donors (Lipinski definition) is 2. The summed E-state index contributed by atoms with van der Waals surface area (Å²) < 4.78 is 0. The van der Waals surface area contributed by atoms with Gasteiger partial charge in [-0.05, 0) is 36.3 Å². The molecule has 0 aliphatic heterocycles. The average molecular weight is 442 g/mol. The van der Waals surface area contributed by atoms with Crippen molar-refractivity contribution in [2.75, 3.05) is 5.32 Å². The molecular formula is C24H29N2O4S-. The molecule has 166 valence electrons. The Morgan fingerprint density at radius 1 is 1.06 bits per heavy atom. The Hall–Kier alpha value is -2.67. The minimum atomic E-state index is -1.20. The Morgan fingerprint density at radius 2 is 1.65 bits per heavy atom. The highest BCUT2D eigenvalue weighted by atomic mass is 32.1. The van der Waals surface area contributed by atoms with E-state index in [-0.39, 0.29) is 11.0 Å². The SMILES string of the molecule is Cc1sc(NC(=O)[C@@H]2CCCC[C@H]2C(=O)[O-])c(C(N)=O)c1-c1ccc(C(C)(C)C)cc1. The molecule has 0 spiro atoms. The molecule has 0 unspecified atom stereocenters. The van der Waals surface area contributed by atoms with Crippen LogP contribution in [0.3, 0.4) is 0 Å². The van der Waals surface area contributed by atoms with Crippen LogP contribution in [0.5, 0.6) is 0 Å². The molecule has 2 aromatic rings. The molecule has 1 aliphatic rings. The van der Waals surface area contributed by atoms with Crippen molar-refractivity contribution in [2.24, 2.45) is 17.6 Å². The maximum Gasteiger partial charge on any atom is 0.252 e. The zero-order valence-corrected chi connectivity index (χ0v) is 19.2. The number of nitrogens with two attached hydrogens (primary N) is 1. The Kier molecular flexibility index (Phi) is 6.55. The summed E-state index contributed by atoms with van der Waals surface area (Å²) in [4.78, 5) is 37.6. The van der Waals surface area contributed by atoms with E-state index in [1.807, 2.05) is 31.2 Å². The number of primary amides is 1. The molecule has 7 heteroatoms. The standard InChI is InChI=1S/C24H30N2O4S/c1-13-18(14-9-11-15(12-10-14)24(2,3)4)19(20(25)27)22(31-13)26-21(28)16-7-5-6-8-17(16)23(29)30/h9-12,16-17H,5-8H2,1-4H3,(H2,25,27)(H,26,28)(H,29,30)/p-1/t16-,17-/m1/s1. The van der Waals surface area contributed by atoms with Gasteiger partial charge in [0.25, 0.3) is 5.91 Å². The lowest BCUT2D eigenvalue weighted by atomic mass is 9.78. The minimum Gasteiger partial charge on any atom is -0.550 e. The third-order valence-corrected chi connectivity index (χ3v) is 7.03. The molecule has 3 N–H and O–H groups in total. The second-order valence-corrected chi connectivity index (χ2v) is 10.5. The van der Waals surface area contributed by atoms with Crippen LogP contribution in [-0.4, -0.2) is 17.8 Å². The number of carbonyl (C=O) groups is 3. The van der Waals surface area contributed by atoms with Crippen LogP contribution < -0.4 is 16.2 Å². The van der Waals surface area contributed by atoms with Crippen LogP contribution in [0.4, 0.5) is 5.00 Å². The third-order valence-electron chi connectivity index (χ3n) is 6.01. The van der Waals surface area contributed by atoms with Gasteiger partial charge in [-0.2, -0.15) is 0 Å². The second-order valence-electron chi connectivity index (χ2n) is 9.23. The summed E-state index contributed by atoms with van der Waals surface area (Å²) in [6.45, 7) is 8.27.